The smallest absolute Gasteiger partial charge is 0.404 e. The van der Waals surface area contributed by atoms with E-state index in [0.717, 1.165) is 5.56 Å². The lowest BCUT2D eigenvalue weighted by Crippen LogP contribution is -2.31. The van der Waals surface area contributed by atoms with Crippen LogP contribution < -0.4 is 11.1 Å². The van der Waals surface area contributed by atoms with Gasteiger partial charge in [-0.15, -0.1) is 0 Å². The summed E-state index contributed by atoms with van der Waals surface area (Å²) >= 11 is 0. The molecule has 0 unspecified atom stereocenters. The molecule has 0 heterocycles. The highest BCUT2D eigenvalue weighted by Crippen LogP contribution is 2.01. The van der Waals surface area contributed by atoms with E-state index < -0.39 is 18.1 Å². The van der Waals surface area contributed by atoms with Gasteiger partial charge in [-0.2, -0.15) is 0 Å². The molecule has 1 aromatic rings. The molecule has 0 fully saturated rings. The molecule has 0 aliphatic heterocycles. The van der Waals surface area contributed by atoms with Crippen molar-refractivity contribution < 1.29 is 19.8 Å². The monoisotopic (exact) mass is 282 g/mol. The zero-order chi connectivity index (χ0) is 15.5. The zero-order valence-electron chi connectivity index (χ0n) is 11.7. The maximum absolute atomic E-state index is 10.1. The van der Waals surface area contributed by atoms with Crippen molar-refractivity contribution in [3.05, 3.63) is 35.9 Å². The Morgan fingerprint density at radius 1 is 1.20 bits per heavy atom. The molecule has 6 nitrogen and oxygen atoms in total. The van der Waals surface area contributed by atoms with E-state index in [4.69, 9.17) is 15.9 Å². The summed E-state index contributed by atoms with van der Waals surface area (Å²) in [6, 6.07) is 8.69. The van der Waals surface area contributed by atoms with Gasteiger partial charge in [-0.3, -0.25) is 4.79 Å². The number of amides is 1. The van der Waals surface area contributed by atoms with E-state index in [1.54, 1.807) is 0 Å². The van der Waals surface area contributed by atoms with E-state index in [2.05, 4.69) is 5.32 Å². The first kappa shape index (κ1) is 17.9. The van der Waals surface area contributed by atoms with Crippen LogP contribution in [0, 0.1) is 5.92 Å². The Hall–Kier alpha value is -2.08. The van der Waals surface area contributed by atoms with Crippen LogP contribution in [-0.2, 0) is 11.3 Å². The molecule has 0 aliphatic rings. The van der Waals surface area contributed by atoms with E-state index in [-0.39, 0.29) is 0 Å². The third-order valence-corrected chi connectivity index (χ3v) is 2.33. The lowest BCUT2D eigenvalue weighted by molar-refractivity contribution is -0.138. The van der Waals surface area contributed by atoms with Gasteiger partial charge in [0.15, 0.2) is 0 Å². The van der Waals surface area contributed by atoms with Gasteiger partial charge in [0.25, 0.3) is 0 Å². The molecule has 0 aromatic heterocycles. The first-order chi connectivity index (χ1) is 9.32. The van der Waals surface area contributed by atoms with Crippen LogP contribution >= 0.6 is 0 Å². The standard InChI is InChI=1S/C8H9NO2.C6H13NO2/c10-8(11)9-6-7-4-2-1-3-5-7;1-4(2)3-5(7)6(8)9/h1-5,9H,6H2,(H,10,11);4-5H,3,7H2,1-2H3,(H,8,9)/t;5-/m.0/s1. The largest absolute Gasteiger partial charge is 0.480 e. The molecule has 1 rings (SSSR count). The van der Waals surface area contributed by atoms with E-state index in [1.165, 1.54) is 0 Å². The van der Waals surface area contributed by atoms with Crippen LogP contribution in [-0.4, -0.2) is 28.3 Å². The molecule has 112 valence electrons. The third-order valence-electron chi connectivity index (χ3n) is 2.33. The molecular formula is C14H22N2O4. The maximum atomic E-state index is 10.1. The highest BCUT2D eigenvalue weighted by atomic mass is 16.4. The number of benzene rings is 1. The molecule has 0 saturated heterocycles. The number of carbonyl (C=O) groups is 2. The summed E-state index contributed by atoms with van der Waals surface area (Å²) in [4.78, 5) is 20.2. The van der Waals surface area contributed by atoms with Crippen LogP contribution in [0.5, 0.6) is 0 Å². The van der Waals surface area contributed by atoms with Crippen LogP contribution in [0.3, 0.4) is 0 Å². The van der Waals surface area contributed by atoms with Crippen LogP contribution in [0.1, 0.15) is 25.8 Å². The number of hydrogen-bond donors (Lipinski definition) is 4. The van der Waals surface area contributed by atoms with Gasteiger partial charge in [-0.25, -0.2) is 4.79 Å². The van der Waals surface area contributed by atoms with Crippen molar-refractivity contribution in [3.8, 4) is 0 Å². The SMILES string of the molecule is CC(C)C[C@H](N)C(=O)O.O=C(O)NCc1ccccc1. The Morgan fingerprint density at radius 3 is 2.10 bits per heavy atom. The highest BCUT2D eigenvalue weighted by molar-refractivity contribution is 5.72. The predicted octanol–water partition coefficient (Wildman–Crippen LogP) is 1.90. The molecule has 20 heavy (non-hydrogen) atoms. The fraction of sp³-hybridized carbons (Fsp3) is 0.429. The Morgan fingerprint density at radius 2 is 1.75 bits per heavy atom. The molecule has 0 radical (unpaired) electrons. The van der Waals surface area contributed by atoms with Crippen molar-refractivity contribution >= 4 is 12.1 Å². The average Bonchev–Trinajstić information content (AvgIpc) is 2.37. The summed E-state index contributed by atoms with van der Waals surface area (Å²) < 4.78 is 0. The topological polar surface area (TPSA) is 113 Å². The molecule has 6 heteroatoms. The number of hydrogen-bond acceptors (Lipinski definition) is 3. The normalized spacial score (nSPS) is 11.2. The van der Waals surface area contributed by atoms with Gasteiger partial charge in [-0.05, 0) is 17.9 Å². The molecule has 0 saturated carbocycles. The molecule has 0 aliphatic carbocycles. The summed E-state index contributed by atoms with van der Waals surface area (Å²) in [6.07, 6.45) is -0.441. The predicted molar refractivity (Wildman–Crippen MR) is 76.4 cm³/mol. The number of nitrogens with two attached hydrogens (primary N) is 1. The quantitative estimate of drug-likeness (QED) is 0.659. The Kier molecular flexibility index (Phi) is 8.78. The number of nitrogens with one attached hydrogen (secondary N) is 1. The van der Waals surface area contributed by atoms with Crippen molar-refractivity contribution in [2.75, 3.05) is 0 Å². The first-order valence-corrected chi connectivity index (χ1v) is 6.32. The summed E-state index contributed by atoms with van der Waals surface area (Å²) in [5, 5.41) is 18.8. The second kappa shape index (κ2) is 9.80. The Labute approximate surface area is 118 Å². The van der Waals surface area contributed by atoms with Gasteiger partial charge < -0.3 is 21.3 Å². The van der Waals surface area contributed by atoms with Crippen molar-refractivity contribution in [1.82, 2.24) is 5.32 Å². The number of aliphatic carboxylic acids is 1. The molecule has 0 spiro atoms. The fourth-order valence-electron chi connectivity index (χ4n) is 1.38. The molecule has 1 aromatic carbocycles. The Bertz CT molecular complexity index is 407. The van der Waals surface area contributed by atoms with Crippen LogP contribution in [0.15, 0.2) is 30.3 Å². The molecule has 5 N–H and O–H groups in total. The van der Waals surface area contributed by atoms with E-state index in [9.17, 15) is 9.59 Å². The second-order valence-electron chi connectivity index (χ2n) is 4.72. The molecule has 1 atom stereocenters. The van der Waals surface area contributed by atoms with E-state index >= 15 is 0 Å². The van der Waals surface area contributed by atoms with Crippen LogP contribution in [0.4, 0.5) is 4.79 Å². The fourth-order valence-corrected chi connectivity index (χ4v) is 1.38. The van der Waals surface area contributed by atoms with Gasteiger partial charge >= 0.3 is 12.1 Å². The Balaban J connectivity index is 0.000000370. The maximum Gasteiger partial charge on any atom is 0.404 e. The summed E-state index contributed by atoms with van der Waals surface area (Å²) in [7, 11) is 0. The molecule has 1 amide bonds. The van der Waals surface area contributed by atoms with E-state index in [0.29, 0.717) is 18.9 Å². The van der Waals surface area contributed by atoms with Gasteiger partial charge in [0.1, 0.15) is 6.04 Å². The zero-order valence-corrected chi connectivity index (χ0v) is 11.7. The minimum Gasteiger partial charge on any atom is -0.480 e. The number of rotatable bonds is 5. The van der Waals surface area contributed by atoms with Gasteiger partial charge in [0.05, 0.1) is 0 Å². The summed E-state index contributed by atoms with van der Waals surface area (Å²) in [5.41, 5.74) is 6.19. The minimum atomic E-state index is -0.992. The van der Waals surface area contributed by atoms with Gasteiger partial charge in [-0.1, -0.05) is 44.2 Å². The summed E-state index contributed by atoms with van der Waals surface area (Å²) in [6.45, 7) is 4.27. The lowest BCUT2D eigenvalue weighted by Gasteiger charge is -2.07. The minimum absolute atomic E-state index is 0.357. The second-order valence-corrected chi connectivity index (χ2v) is 4.72. The van der Waals surface area contributed by atoms with Crippen molar-refractivity contribution in [1.29, 1.82) is 0 Å². The van der Waals surface area contributed by atoms with Gasteiger partial charge in [0.2, 0.25) is 0 Å². The van der Waals surface area contributed by atoms with Crippen molar-refractivity contribution in [2.45, 2.75) is 32.9 Å². The number of carboxylic acids is 1. The molecular weight excluding hydrogens is 260 g/mol. The van der Waals surface area contributed by atoms with Crippen LogP contribution in [0.25, 0.3) is 0 Å². The number of carboxylic acid groups (broad SMARTS) is 2. The van der Waals surface area contributed by atoms with Crippen molar-refractivity contribution in [3.63, 3.8) is 0 Å². The van der Waals surface area contributed by atoms with Crippen LogP contribution in [0.2, 0.25) is 0 Å². The van der Waals surface area contributed by atoms with Gasteiger partial charge in [0, 0.05) is 6.54 Å². The van der Waals surface area contributed by atoms with Crippen molar-refractivity contribution in [2.24, 2.45) is 11.7 Å². The lowest BCUT2D eigenvalue weighted by atomic mass is 10.1. The van der Waals surface area contributed by atoms with E-state index in [1.807, 2.05) is 44.2 Å². The average molecular weight is 282 g/mol. The highest BCUT2D eigenvalue weighted by Gasteiger charge is 2.11. The first-order valence-electron chi connectivity index (χ1n) is 6.32. The molecule has 0 bridgehead atoms. The third kappa shape index (κ3) is 9.90. The summed E-state index contributed by atoms with van der Waals surface area (Å²) in [5.74, 6) is -0.556.